The molecule has 1 nitrogen and oxygen atoms in total. The minimum atomic E-state index is 0.326. The van der Waals surface area contributed by atoms with Crippen LogP contribution in [0.3, 0.4) is 0 Å². The Morgan fingerprint density at radius 1 is 1.30 bits per heavy atom. The Hall–Kier alpha value is -0.590. The van der Waals surface area contributed by atoms with Crippen molar-refractivity contribution in [1.82, 2.24) is 0 Å². The highest BCUT2D eigenvalue weighted by molar-refractivity contribution is 5.79. The molecule has 0 rings (SSSR count). The maximum Gasteiger partial charge on any atom is 0.136 e. The zero-order valence-electron chi connectivity index (χ0n) is 6.89. The minimum Gasteiger partial charge on any atom is -0.299 e. The number of allylic oxidation sites excluding steroid dienone is 2. The molecule has 0 aliphatic rings. The van der Waals surface area contributed by atoms with E-state index in [2.05, 4.69) is 13.0 Å². The van der Waals surface area contributed by atoms with Crippen LogP contribution in [-0.4, -0.2) is 5.78 Å². The fraction of sp³-hybridized carbons (Fsp3) is 0.667. The van der Waals surface area contributed by atoms with Gasteiger partial charge in [0.1, 0.15) is 5.78 Å². The van der Waals surface area contributed by atoms with Gasteiger partial charge in [0.05, 0.1) is 0 Å². The third-order valence-electron chi connectivity index (χ3n) is 1.36. The van der Waals surface area contributed by atoms with Gasteiger partial charge in [-0.3, -0.25) is 4.79 Å². The summed E-state index contributed by atoms with van der Waals surface area (Å²) in [5.74, 6) is 0.326. The topological polar surface area (TPSA) is 17.1 Å². The molecule has 0 aliphatic carbocycles. The lowest BCUT2D eigenvalue weighted by Gasteiger charge is -1.87. The van der Waals surface area contributed by atoms with Crippen LogP contribution in [0.5, 0.6) is 0 Å². The Morgan fingerprint density at radius 2 is 2.00 bits per heavy atom. The van der Waals surface area contributed by atoms with E-state index in [-0.39, 0.29) is 0 Å². The van der Waals surface area contributed by atoms with E-state index in [1.807, 2.05) is 13.0 Å². The number of Topliss-reactive ketones (excluding diaryl/α,β-unsaturated/α-hetero) is 1. The van der Waals surface area contributed by atoms with Gasteiger partial charge in [0, 0.05) is 12.8 Å². The van der Waals surface area contributed by atoms with Crippen LogP contribution in [0.2, 0.25) is 0 Å². The van der Waals surface area contributed by atoms with Gasteiger partial charge in [0.25, 0.3) is 0 Å². The summed E-state index contributed by atoms with van der Waals surface area (Å²) in [6.07, 6.45) is 7.59. The molecule has 0 amide bonds. The van der Waals surface area contributed by atoms with Crippen LogP contribution in [0.25, 0.3) is 0 Å². The zero-order valence-corrected chi connectivity index (χ0v) is 6.89. The van der Waals surface area contributed by atoms with E-state index < -0.39 is 0 Å². The Morgan fingerprint density at radius 3 is 2.50 bits per heavy atom. The lowest BCUT2D eigenvalue weighted by atomic mass is 10.2. The van der Waals surface area contributed by atoms with Gasteiger partial charge in [-0.05, 0) is 6.42 Å². The summed E-state index contributed by atoms with van der Waals surface area (Å²) in [6, 6.07) is 0. The molecule has 10 heavy (non-hydrogen) atoms. The molecular formula is C9H16O. The van der Waals surface area contributed by atoms with Crippen LogP contribution in [0, 0.1) is 0 Å². The lowest BCUT2D eigenvalue weighted by molar-refractivity contribution is -0.117. The van der Waals surface area contributed by atoms with Crippen LogP contribution in [-0.2, 0) is 4.79 Å². The number of rotatable bonds is 5. The number of hydrogen-bond donors (Lipinski definition) is 0. The molecular weight excluding hydrogens is 124 g/mol. The fourth-order valence-corrected chi connectivity index (χ4v) is 0.644. The summed E-state index contributed by atoms with van der Waals surface area (Å²) in [7, 11) is 0. The molecule has 0 aromatic carbocycles. The molecule has 0 heterocycles. The molecule has 0 aromatic heterocycles. The van der Waals surface area contributed by atoms with Gasteiger partial charge in [0.15, 0.2) is 0 Å². The average Bonchev–Trinajstić information content (AvgIpc) is 1.98. The van der Waals surface area contributed by atoms with Crippen molar-refractivity contribution in [1.29, 1.82) is 0 Å². The quantitative estimate of drug-likeness (QED) is 0.536. The largest absolute Gasteiger partial charge is 0.299 e. The number of unbranched alkanes of at least 4 members (excludes halogenated alkanes) is 1. The van der Waals surface area contributed by atoms with E-state index in [1.165, 1.54) is 0 Å². The van der Waals surface area contributed by atoms with Crippen molar-refractivity contribution < 1.29 is 4.79 Å². The van der Waals surface area contributed by atoms with Crippen molar-refractivity contribution >= 4 is 5.78 Å². The van der Waals surface area contributed by atoms with Gasteiger partial charge in [-0.25, -0.2) is 0 Å². The van der Waals surface area contributed by atoms with Crippen molar-refractivity contribution in [3.05, 3.63) is 12.2 Å². The maximum absolute atomic E-state index is 10.7. The molecule has 0 saturated carbocycles. The summed E-state index contributed by atoms with van der Waals surface area (Å²) < 4.78 is 0. The second-order valence-electron chi connectivity index (χ2n) is 2.36. The smallest absolute Gasteiger partial charge is 0.136 e. The van der Waals surface area contributed by atoms with Crippen LogP contribution in [0.4, 0.5) is 0 Å². The average molecular weight is 140 g/mol. The Kier molecular flexibility index (Phi) is 6.14. The second kappa shape index (κ2) is 6.53. The first-order chi connectivity index (χ1) is 4.81. The summed E-state index contributed by atoms with van der Waals surface area (Å²) in [5.41, 5.74) is 0. The van der Waals surface area contributed by atoms with E-state index in [0.29, 0.717) is 18.6 Å². The molecule has 0 spiro atoms. The second-order valence-corrected chi connectivity index (χ2v) is 2.36. The van der Waals surface area contributed by atoms with Gasteiger partial charge in [-0.1, -0.05) is 32.4 Å². The van der Waals surface area contributed by atoms with Gasteiger partial charge >= 0.3 is 0 Å². The third kappa shape index (κ3) is 5.54. The van der Waals surface area contributed by atoms with Crippen LogP contribution >= 0.6 is 0 Å². The molecule has 0 fully saturated rings. The Bertz CT molecular complexity index is 114. The number of hydrogen-bond acceptors (Lipinski definition) is 1. The lowest BCUT2D eigenvalue weighted by Crippen LogP contribution is -1.90. The van der Waals surface area contributed by atoms with Gasteiger partial charge in [-0.15, -0.1) is 0 Å². The van der Waals surface area contributed by atoms with Crippen molar-refractivity contribution in [2.45, 2.75) is 39.5 Å². The predicted octanol–water partition coefficient (Wildman–Crippen LogP) is 2.71. The number of ketones is 1. The molecule has 0 unspecified atom stereocenters. The zero-order chi connectivity index (χ0) is 7.82. The first-order valence-electron chi connectivity index (χ1n) is 3.98. The molecule has 1 heteroatoms. The fourth-order valence-electron chi connectivity index (χ4n) is 0.644. The predicted molar refractivity (Wildman–Crippen MR) is 44.0 cm³/mol. The highest BCUT2D eigenvalue weighted by atomic mass is 16.1. The molecule has 0 saturated heterocycles. The molecule has 0 radical (unpaired) electrons. The van der Waals surface area contributed by atoms with Crippen LogP contribution in [0.15, 0.2) is 12.2 Å². The highest BCUT2D eigenvalue weighted by Crippen LogP contribution is 1.93. The molecule has 0 bridgehead atoms. The van der Waals surface area contributed by atoms with E-state index in [9.17, 15) is 4.79 Å². The molecule has 0 aromatic rings. The van der Waals surface area contributed by atoms with Crippen molar-refractivity contribution in [2.24, 2.45) is 0 Å². The van der Waals surface area contributed by atoms with E-state index in [4.69, 9.17) is 0 Å². The molecule has 0 atom stereocenters. The third-order valence-corrected chi connectivity index (χ3v) is 1.36. The standard InChI is InChI=1S/C9H16O/c1-3-5-6-7-8-9(10)4-2/h6-7H,3-5,8H2,1-2H3/b7-6+. The maximum atomic E-state index is 10.7. The van der Waals surface area contributed by atoms with Crippen LogP contribution in [0.1, 0.15) is 39.5 Å². The van der Waals surface area contributed by atoms with Gasteiger partial charge < -0.3 is 0 Å². The summed E-state index contributed by atoms with van der Waals surface area (Å²) >= 11 is 0. The summed E-state index contributed by atoms with van der Waals surface area (Å²) in [6.45, 7) is 4.03. The van der Waals surface area contributed by atoms with E-state index in [0.717, 1.165) is 12.8 Å². The molecule has 0 aliphatic heterocycles. The number of carbonyl (C=O) groups excluding carboxylic acids is 1. The van der Waals surface area contributed by atoms with Crippen LogP contribution < -0.4 is 0 Å². The first-order valence-corrected chi connectivity index (χ1v) is 3.98. The number of carbonyl (C=O) groups is 1. The van der Waals surface area contributed by atoms with Crippen molar-refractivity contribution in [3.63, 3.8) is 0 Å². The Balaban J connectivity index is 3.25. The normalized spacial score (nSPS) is 10.6. The SMILES string of the molecule is CCC/C=C/CC(=O)CC. The molecule has 0 N–H and O–H groups in total. The van der Waals surface area contributed by atoms with Gasteiger partial charge in [0.2, 0.25) is 0 Å². The minimum absolute atomic E-state index is 0.326. The highest BCUT2D eigenvalue weighted by Gasteiger charge is 1.90. The summed E-state index contributed by atoms with van der Waals surface area (Å²) in [5, 5.41) is 0. The first kappa shape index (κ1) is 9.41. The Labute approximate surface area is 63.1 Å². The van der Waals surface area contributed by atoms with E-state index >= 15 is 0 Å². The summed E-state index contributed by atoms with van der Waals surface area (Å²) in [4.78, 5) is 10.7. The van der Waals surface area contributed by atoms with E-state index in [1.54, 1.807) is 0 Å². The van der Waals surface area contributed by atoms with Crippen molar-refractivity contribution in [2.75, 3.05) is 0 Å². The van der Waals surface area contributed by atoms with Crippen molar-refractivity contribution in [3.8, 4) is 0 Å². The molecule has 58 valence electrons. The van der Waals surface area contributed by atoms with Gasteiger partial charge in [-0.2, -0.15) is 0 Å². The monoisotopic (exact) mass is 140 g/mol.